The van der Waals surface area contributed by atoms with E-state index in [0.29, 0.717) is 12.3 Å². The normalized spacial score (nSPS) is 22.5. The third-order valence-electron chi connectivity index (χ3n) is 4.62. The monoisotopic (exact) mass is 292 g/mol. The van der Waals surface area contributed by atoms with Crippen molar-refractivity contribution in [2.75, 3.05) is 33.5 Å². The molecule has 116 valence electrons. The molecule has 0 amide bonds. The SMILES string of the molecule is CCC1CCN(C(CN)c2cc(OC)c3c(c2)OCO3)C1. The molecule has 0 spiro atoms. The molecule has 1 saturated heterocycles. The number of methoxy groups -OCH3 is 1. The molecule has 3 rings (SSSR count). The summed E-state index contributed by atoms with van der Waals surface area (Å²) in [6.45, 7) is 5.34. The molecule has 1 aromatic rings. The van der Waals surface area contributed by atoms with Gasteiger partial charge in [0.05, 0.1) is 7.11 Å². The Balaban J connectivity index is 1.87. The van der Waals surface area contributed by atoms with Crippen LogP contribution in [-0.2, 0) is 0 Å². The Bertz CT molecular complexity index is 507. The molecule has 0 bridgehead atoms. The minimum atomic E-state index is 0.213. The fourth-order valence-corrected chi connectivity index (χ4v) is 3.32. The van der Waals surface area contributed by atoms with Gasteiger partial charge in [0.2, 0.25) is 12.5 Å². The van der Waals surface area contributed by atoms with Gasteiger partial charge in [0.1, 0.15) is 0 Å². The number of likely N-dealkylation sites (tertiary alicyclic amines) is 1. The fraction of sp³-hybridized carbons (Fsp3) is 0.625. The Morgan fingerprint density at radius 2 is 2.29 bits per heavy atom. The van der Waals surface area contributed by atoms with E-state index >= 15 is 0 Å². The number of nitrogens with zero attached hydrogens (tertiary/aromatic N) is 1. The minimum Gasteiger partial charge on any atom is -0.493 e. The third-order valence-corrected chi connectivity index (χ3v) is 4.62. The smallest absolute Gasteiger partial charge is 0.231 e. The van der Waals surface area contributed by atoms with E-state index in [4.69, 9.17) is 19.9 Å². The molecule has 1 fully saturated rings. The number of hydrogen-bond donors (Lipinski definition) is 1. The Hall–Kier alpha value is -1.46. The van der Waals surface area contributed by atoms with Gasteiger partial charge in [-0.15, -0.1) is 0 Å². The molecule has 2 N–H and O–H groups in total. The van der Waals surface area contributed by atoms with Gasteiger partial charge in [0.25, 0.3) is 0 Å². The lowest BCUT2D eigenvalue weighted by Crippen LogP contribution is -2.32. The van der Waals surface area contributed by atoms with Gasteiger partial charge in [-0.3, -0.25) is 4.90 Å². The first-order valence-electron chi connectivity index (χ1n) is 7.68. The number of ether oxygens (including phenoxy) is 3. The third kappa shape index (κ3) is 2.68. The highest BCUT2D eigenvalue weighted by Crippen LogP contribution is 2.44. The molecular weight excluding hydrogens is 268 g/mol. The summed E-state index contributed by atoms with van der Waals surface area (Å²) in [7, 11) is 1.65. The van der Waals surface area contributed by atoms with Crippen LogP contribution in [0.1, 0.15) is 31.4 Å². The molecule has 0 aromatic heterocycles. The Morgan fingerprint density at radius 3 is 2.95 bits per heavy atom. The van der Waals surface area contributed by atoms with E-state index in [2.05, 4.69) is 11.8 Å². The van der Waals surface area contributed by atoms with Crippen molar-refractivity contribution in [1.82, 2.24) is 4.90 Å². The molecule has 5 heteroatoms. The largest absolute Gasteiger partial charge is 0.493 e. The van der Waals surface area contributed by atoms with Crippen molar-refractivity contribution in [2.45, 2.75) is 25.8 Å². The molecule has 2 unspecified atom stereocenters. The Morgan fingerprint density at radius 1 is 1.43 bits per heavy atom. The summed E-state index contributed by atoms with van der Waals surface area (Å²) in [6, 6.07) is 4.29. The number of nitrogens with two attached hydrogens (primary N) is 1. The molecule has 0 aliphatic carbocycles. The van der Waals surface area contributed by atoms with Gasteiger partial charge < -0.3 is 19.9 Å². The fourth-order valence-electron chi connectivity index (χ4n) is 3.32. The summed E-state index contributed by atoms with van der Waals surface area (Å²) < 4.78 is 16.4. The molecular formula is C16H24N2O3. The van der Waals surface area contributed by atoms with Crippen LogP contribution >= 0.6 is 0 Å². The number of fused-ring (bicyclic) bond motifs is 1. The van der Waals surface area contributed by atoms with Gasteiger partial charge in [0, 0.05) is 19.1 Å². The highest BCUT2D eigenvalue weighted by Gasteiger charge is 2.30. The lowest BCUT2D eigenvalue weighted by molar-refractivity contribution is 0.171. The maximum atomic E-state index is 6.05. The first-order valence-corrected chi connectivity index (χ1v) is 7.68. The molecule has 2 aliphatic heterocycles. The van der Waals surface area contributed by atoms with Crippen LogP contribution in [0.25, 0.3) is 0 Å². The summed E-state index contributed by atoms with van der Waals surface area (Å²) in [5.74, 6) is 2.97. The predicted molar refractivity (Wildman–Crippen MR) is 80.9 cm³/mol. The van der Waals surface area contributed by atoms with Gasteiger partial charge in [0.15, 0.2) is 11.5 Å². The molecule has 0 saturated carbocycles. The second-order valence-electron chi connectivity index (χ2n) is 5.77. The van der Waals surface area contributed by atoms with E-state index in [-0.39, 0.29) is 12.8 Å². The van der Waals surface area contributed by atoms with E-state index in [1.165, 1.54) is 12.8 Å². The van der Waals surface area contributed by atoms with Crippen LogP contribution in [0.3, 0.4) is 0 Å². The second-order valence-corrected chi connectivity index (χ2v) is 5.77. The Labute approximate surface area is 126 Å². The first kappa shape index (κ1) is 14.5. The number of hydrogen-bond acceptors (Lipinski definition) is 5. The van der Waals surface area contributed by atoms with Crippen molar-refractivity contribution in [2.24, 2.45) is 11.7 Å². The van der Waals surface area contributed by atoms with E-state index in [1.807, 2.05) is 12.1 Å². The highest BCUT2D eigenvalue weighted by atomic mass is 16.7. The van der Waals surface area contributed by atoms with Gasteiger partial charge in [-0.1, -0.05) is 13.3 Å². The van der Waals surface area contributed by atoms with Crippen LogP contribution in [0.15, 0.2) is 12.1 Å². The number of benzene rings is 1. The lowest BCUT2D eigenvalue weighted by atomic mass is 10.0. The van der Waals surface area contributed by atoms with Crippen molar-refractivity contribution < 1.29 is 14.2 Å². The predicted octanol–water partition coefficient (Wildman–Crippen LogP) is 2.16. The molecule has 0 radical (unpaired) electrons. The zero-order valence-corrected chi connectivity index (χ0v) is 12.8. The van der Waals surface area contributed by atoms with Crippen molar-refractivity contribution >= 4 is 0 Å². The summed E-state index contributed by atoms with van der Waals surface area (Å²) in [6.07, 6.45) is 2.49. The van der Waals surface area contributed by atoms with Crippen molar-refractivity contribution in [3.63, 3.8) is 0 Å². The van der Waals surface area contributed by atoms with E-state index in [0.717, 1.165) is 36.1 Å². The van der Waals surface area contributed by atoms with E-state index in [9.17, 15) is 0 Å². The van der Waals surface area contributed by atoms with Crippen LogP contribution in [0.5, 0.6) is 17.2 Å². The molecule has 1 aromatic carbocycles. The van der Waals surface area contributed by atoms with Gasteiger partial charge in [-0.25, -0.2) is 0 Å². The zero-order valence-electron chi connectivity index (χ0n) is 12.8. The summed E-state index contributed by atoms with van der Waals surface area (Å²) >= 11 is 0. The van der Waals surface area contributed by atoms with Crippen molar-refractivity contribution in [3.05, 3.63) is 17.7 Å². The van der Waals surface area contributed by atoms with Gasteiger partial charge >= 0.3 is 0 Å². The van der Waals surface area contributed by atoms with E-state index < -0.39 is 0 Å². The number of rotatable bonds is 5. The van der Waals surface area contributed by atoms with Crippen LogP contribution in [0.4, 0.5) is 0 Å². The van der Waals surface area contributed by atoms with Crippen molar-refractivity contribution in [1.29, 1.82) is 0 Å². The molecule has 2 atom stereocenters. The molecule has 21 heavy (non-hydrogen) atoms. The zero-order chi connectivity index (χ0) is 14.8. The van der Waals surface area contributed by atoms with Gasteiger partial charge in [-0.2, -0.15) is 0 Å². The molecule has 2 heterocycles. The summed E-state index contributed by atoms with van der Waals surface area (Å²) in [5, 5.41) is 0. The standard InChI is InChI=1S/C16H24N2O3/c1-3-11-4-5-18(9-11)13(8-17)12-6-14(19-2)16-15(7-12)20-10-21-16/h6-7,11,13H,3-5,8-10,17H2,1-2H3. The van der Waals surface area contributed by atoms with Crippen LogP contribution in [0.2, 0.25) is 0 Å². The van der Waals surface area contributed by atoms with E-state index in [1.54, 1.807) is 7.11 Å². The second kappa shape index (κ2) is 6.12. The average Bonchev–Trinajstić information content (AvgIpc) is 3.15. The molecule has 2 aliphatic rings. The summed E-state index contributed by atoms with van der Waals surface area (Å²) in [5.41, 5.74) is 7.20. The van der Waals surface area contributed by atoms with Crippen molar-refractivity contribution in [3.8, 4) is 17.2 Å². The van der Waals surface area contributed by atoms with Crippen LogP contribution in [0, 0.1) is 5.92 Å². The average molecular weight is 292 g/mol. The lowest BCUT2D eigenvalue weighted by Gasteiger charge is -2.27. The Kier molecular flexibility index (Phi) is 4.22. The molecule has 5 nitrogen and oxygen atoms in total. The van der Waals surface area contributed by atoms with Crippen LogP contribution in [-0.4, -0.2) is 38.4 Å². The topological polar surface area (TPSA) is 57.0 Å². The van der Waals surface area contributed by atoms with Gasteiger partial charge in [-0.05, 0) is 36.6 Å². The maximum Gasteiger partial charge on any atom is 0.231 e. The highest BCUT2D eigenvalue weighted by molar-refractivity contribution is 5.55. The summed E-state index contributed by atoms with van der Waals surface area (Å²) in [4.78, 5) is 2.48. The minimum absolute atomic E-state index is 0.213. The van der Waals surface area contributed by atoms with Crippen LogP contribution < -0.4 is 19.9 Å². The maximum absolute atomic E-state index is 6.05. The quantitative estimate of drug-likeness (QED) is 0.901. The first-order chi connectivity index (χ1) is 10.3.